The average molecular weight is 364 g/mol. The van der Waals surface area contributed by atoms with Gasteiger partial charge in [0.25, 0.3) is 0 Å². The number of aromatic hydroxyl groups is 1. The molecule has 0 saturated carbocycles. The van der Waals surface area contributed by atoms with Crippen molar-refractivity contribution in [3.8, 4) is 5.75 Å². The first-order valence-corrected chi connectivity index (χ1v) is 8.53. The van der Waals surface area contributed by atoms with Gasteiger partial charge in [-0.1, -0.05) is 22.0 Å². The first kappa shape index (κ1) is 15.5. The molecule has 3 N–H and O–H groups in total. The average Bonchev–Trinajstić information content (AvgIpc) is 2.54. The van der Waals surface area contributed by atoms with Crippen LogP contribution < -0.4 is 9.80 Å². The summed E-state index contributed by atoms with van der Waals surface area (Å²) in [6.45, 7) is 6.57. The molecule has 22 heavy (non-hydrogen) atoms. The number of nitrogens with one attached hydrogen (secondary N) is 2. The van der Waals surface area contributed by atoms with E-state index < -0.39 is 0 Å². The van der Waals surface area contributed by atoms with E-state index in [1.807, 2.05) is 30.6 Å². The molecule has 2 aromatic rings. The fraction of sp³-hybridized carbons (Fsp3) is 0.353. The van der Waals surface area contributed by atoms with Crippen molar-refractivity contribution in [2.75, 3.05) is 26.2 Å². The van der Waals surface area contributed by atoms with Crippen LogP contribution in [0.5, 0.6) is 5.75 Å². The van der Waals surface area contributed by atoms with E-state index in [2.05, 4.69) is 27.0 Å². The molecular formula is C17H22BrN3O+2. The molecule has 1 fully saturated rings. The van der Waals surface area contributed by atoms with Crippen molar-refractivity contribution in [1.29, 1.82) is 0 Å². The maximum Gasteiger partial charge on any atom is 0.127 e. The van der Waals surface area contributed by atoms with E-state index in [-0.39, 0.29) is 0 Å². The van der Waals surface area contributed by atoms with Crippen molar-refractivity contribution < 1.29 is 14.9 Å². The Balaban J connectivity index is 1.52. The predicted molar refractivity (Wildman–Crippen MR) is 88.8 cm³/mol. The molecule has 0 atom stereocenters. The molecule has 5 heteroatoms. The number of pyridine rings is 1. The minimum atomic E-state index is 0.404. The number of halogens is 1. The van der Waals surface area contributed by atoms with Crippen LogP contribution in [0, 0.1) is 0 Å². The summed E-state index contributed by atoms with van der Waals surface area (Å²) in [5.74, 6) is 0.404. The number of quaternary nitrogens is 2. The third-order valence-corrected chi connectivity index (χ3v) is 4.82. The highest BCUT2D eigenvalue weighted by Crippen LogP contribution is 2.20. The third kappa shape index (κ3) is 4.06. The zero-order chi connectivity index (χ0) is 15.4. The molecule has 116 valence electrons. The lowest BCUT2D eigenvalue weighted by molar-refractivity contribution is -1.02. The molecule has 1 aliphatic rings. The number of hydrogen-bond acceptors (Lipinski definition) is 2. The van der Waals surface area contributed by atoms with Crippen molar-refractivity contribution in [3.63, 3.8) is 0 Å². The van der Waals surface area contributed by atoms with Gasteiger partial charge >= 0.3 is 0 Å². The Bertz CT molecular complexity index is 613. The second kappa shape index (κ2) is 7.22. The van der Waals surface area contributed by atoms with Crippen molar-refractivity contribution >= 4 is 15.9 Å². The fourth-order valence-electron chi connectivity index (χ4n) is 3.07. The van der Waals surface area contributed by atoms with Crippen molar-refractivity contribution in [3.05, 3.63) is 58.3 Å². The van der Waals surface area contributed by atoms with Crippen LogP contribution in [-0.4, -0.2) is 36.3 Å². The first-order valence-electron chi connectivity index (χ1n) is 7.74. The molecule has 0 aliphatic carbocycles. The largest absolute Gasteiger partial charge is 0.507 e. The van der Waals surface area contributed by atoms with Gasteiger partial charge in [-0.25, -0.2) is 0 Å². The van der Waals surface area contributed by atoms with Crippen LogP contribution in [0.25, 0.3) is 0 Å². The molecule has 0 amide bonds. The van der Waals surface area contributed by atoms with Gasteiger partial charge < -0.3 is 14.9 Å². The van der Waals surface area contributed by atoms with E-state index in [0.29, 0.717) is 5.75 Å². The number of rotatable bonds is 4. The Kier molecular flexibility index (Phi) is 5.08. The van der Waals surface area contributed by atoms with E-state index in [0.717, 1.165) is 36.2 Å². The molecule has 3 rings (SSSR count). The van der Waals surface area contributed by atoms with Gasteiger partial charge in [-0.2, -0.15) is 0 Å². The number of benzene rings is 1. The maximum absolute atomic E-state index is 9.97. The van der Waals surface area contributed by atoms with Crippen LogP contribution in [0.4, 0.5) is 0 Å². The Labute approximate surface area is 139 Å². The lowest BCUT2D eigenvalue weighted by atomic mass is 10.1. The lowest BCUT2D eigenvalue weighted by Crippen LogP contribution is -3.27. The molecule has 1 aromatic carbocycles. The SMILES string of the molecule is Oc1ccc(Br)cc1C[NH+]1CC[NH+](Cc2cccnc2)CC1. The number of phenols is 1. The molecule has 0 unspecified atom stereocenters. The molecule has 1 saturated heterocycles. The molecular weight excluding hydrogens is 342 g/mol. The van der Waals surface area contributed by atoms with Gasteiger partial charge in [-0.15, -0.1) is 0 Å². The van der Waals surface area contributed by atoms with E-state index in [9.17, 15) is 5.11 Å². The van der Waals surface area contributed by atoms with Crippen molar-refractivity contribution in [2.45, 2.75) is 13.1 Å². The van der Waals surface area contributed by atoms with Gasteiger partial charge in [0.05, 0.1) is 0 Å². The second-order valence-electron chi connectivity index (χ2n) is 5.99. The fourth-order valence-corrected chi connectivity index (χ4v) is 3.48. The quantitative estimate of drug-likeness (QED) is 0.717. The van der Waals surface area contributed by atoms with Crippen LogP contribution in [0.3, 0.4) is 0 Å². The van der Waals surface area contributed by atoms with Crippen LogP contribution in [0.1, 0.15) is 11.1 Å². The Morgan fingerprint density at radius 1 is 1.05 bits per heavy atom. The van der Waals surface area contributed by atoms with Crippen molar-refractivity contribution in [2.24, 2.45) is 0 Å². The minimum absolute atomic E-state index is 0.404. The van der Waals surface area contributed by atoms with Gasteiger partial charge in [-0.05, 0) is 24.3 Å². The number of aromatic nitrogens is 1. The van der Waals surface area contributed by atoms with Gasteiger partial charge in [0.15, 0.2) is 0 Å². The Morgan fingerprint density at radius 2 is 1.77 bits per heavy atom. The van der Waals surface area contributed by atoms with Gasteiger partial charge in [0.2, 0.25) is 0 Å². The highest BCUT2D eigenvalue weighted by atomic mass is 79.9. The van der Waals surface area contributed by atoms with Gasteiger partial charge in [-0.3, -0.25) is 4.98 Å². The van der Waals surface area contributed by atoms with E-state index in [4.69, 9.17) is 0 Å². The summed E-state index contributed by atoms with van der Waals surface area (Å²) in [4.78, 5) is 7.35. The second-order valence-corrected chi connectivity index (χ2v) is 6.90. The number of piperazine rings is 1. The molecule has 1 aliphatic heterocycles. The number of hydrogen-bond donors (Lipinski definition) is 3. The summed E-state index contributed by atoms with van der Waals surface area (Å²) in [6, 6.07) is 9.83. The molecule has 2 heterocycles. The topological polar surface area (TPSA) is 42.0 Å². The molecule has 0 spiro atoms. The summed E-state index contributed by atoms with van der Waals surface area (Å²) >= 11 is 3.48. The summed E-state index contributed by atoms with van der Waals surface area (Å²) in [6.07, 6.45) is 3.79. The lowest BCUT2D eigenvalue weighted by Gasteiger charge is -2.29. The normalized spacial score (nSPS) is 21.7. The Morgan fingerprint density at radius 3 is 2.45 bits per heavy atom. The summed E-state index contributed by atoms with van der Waals surface area (Å²) in [5, 5.41) is 9.97. The summed E-state index contributed by atoms with van der Waals surface area (Å²) < 4.78 is 1.03. The van der Waals surface area contributed by atoms with Gasteiger partial charge in [0.1, 0.15) is 45.0 Å². The third-order valence-electron chi connectivity index (χ3n) is 4.32. The molecule has 0 bridgehead atoms. The van der Waals surface area contributed by atoms with E-state index >= 15 is 0 Å². The standard InChI is InChI=1S/C17H20BrN3O/c18-16-3-4-17(22)15(10-16)13-21-8-6-20(7-9-21)12-14-2-1-5-19-11-14/h1-5,10-11,22H,6-9,12-13H2/p+2. The van der Waals surface area contributed by atoms with Crippen molar-refractivity contribution in [1.82, 2.24) is 4.98 Å². The van der Waals surface area contributed by atoms with Crippen LogP contribution in [0.15, 0.2) is 47.2 Å². The summed E-state index contributed by atoms with van der Waals surface area (Å²) in [5.41, 5.74) is 2.34. The number of nitrogens with zero attached hydrogens (tertiary/aromatic N) is 1. The monoisotopic (exact) mass is 363 g/mol. The highest BCUT2D eigenvalue weighted by Gasteiger charge is 2.23. The zero-order valence-corrected chi connectivity index (χ0v) is 14.1. The maximum atomic E-state index is 9.97. The minimum Gasteiger partial charge on any atom is -0.507 e. The van der Waals surface area contributed by atoms with Crippen LogP contribution in [-0.2, 0) is 13.1 Å². The van der Waals surface area contributed by atoms with Crippen LogP contribution >= 0.6 is 15.9 Å². The Hall–Kier alpha value is -1.43. The smallest absolute Gasteiger partial charge is 0.127 e. The highest BCUT2D eigenvalue weighted by molar-refractivity contribution is 9.10. The predicted octanol–water partition coefficient (Wildman–Crippen LogP) is 0.0333. The van der Waals surface area contributed by atoms with E-state index in [1.165, 1.54) is 18.7 Å². The van der Waals surface area contributed by atoms with Crippen LogP contribution in [0.2, 0.25) is 0 Å². The number of phenolic OH excluding ortho intramolecular Hbond substituents is 1. The zero-order valence-electron chi connectivity index (χ0n) is 12.6. The summed E-state index contributed by atoms with van der Waals surface area (Å²) in [7, 11) is 0. The van der Waals surface area contributed by atoms with E-state index in [1.54, 1.807) is 15.9 Å². The first-order chi connectivity index (χ1) is 10.7. The van der Waals surface area contributed by atoms with Gasteiger partial charge in [0, 0.05) is 28.0 Å². The molecule has 1 aromatic heterocycles. The molecule has 4 nitrogen and oxygen atoms in total. The molecule has 0 radical (unpaired) electrons.